The van der Waals surface area contributed by atoms with Crippen LogP contribution in [-0.2, 0) is 16.1 Å². The van der Waals surface area contributed by atoms with Crippen LogP contribution in [0.25, 0.3) is 5.76 Å². The Kier molecular flexibility index (Phi) is 6.73. The number of amides is 1. The van der Waals surface area contributed by atoms with Gasteiger partial charge in [-0.2, -0.15) is 0 Å². The van der Waals surface area contributed by atoms with Crippen LogP contribution in [0.1, 0.15) is 28.3 Å². The fourth-order valence-electron chi connectivity index (χ4n) is 4.36. The van der Waals surface area contributed by atoms with E-state index in [1.807, 2.05) is 13.0 Å². The van der Waals surface area contributed by atoms with E-state index in [0.29, 0.717) is 28.4 Å². The number of aryl methyl sites for hydroxylation is 1. The maximum Gasteiger partial charge on any atom is 0.295 e. The van der Waals surface area contributed by atoms with Crippen LogP contribution < -0.4 is 14.2 Å². The van der Waals surface area contributed by atoms with Crippen LogP contribution in [-0.4, -0.2) is 48.0 Å². The van der Waals surface area contributed by atoms with Gasteiger partial charge in [0.15, 0.2) is 11.5 Å². The number of carbonyl (C=O) groups excluding carboxylic acids is 2. The number of aliphatic hydroxyl groups excluding tert-OH is 1. The molecule has 0 unspecified atom stereocenters. The predicted octanol–water partition coefficient (Wildman–Crippen LogP) is 4.04. The van der Waals surface area contributed by atoms with E-state index in [9.17, 15) is 14.7 Å². The van der Waals surface area contributed by atoms with E-state index in [-0.39, 0.29) is 17.9 Å². The number of carbonyl (C=O) groups is 2. The van der Waals surface area contributed by atoms with E-state index in [0.717, 1.165) is 11.1 Å². The lowest BCUT2D eigenvalue weighted by Gasteiger charge is -2.27. The number of aliphatic hydroxyl groups is 1. The molecular weight excluding hydrogens is 448 g/mol. The Hall–Kier alpha value is -4.33. The van der Waals surface area contributed by atoms with E-state index in [4.69, 9.17) is 14.2 Å². The lowest BCUT2D eigenvalue weighted by molar-refractivity contribution is -0.140. The molecule has 2 heterocycles. The molecule has 0 aliphatic carbocycles. The highest BCUT2D eigenvalue weighted by molar-refractivity contribution is 6.46. The quantitative estimate of drug-likeness (QED) is 0.314. The molecule has 1 aromatic heterocycles. The van der Waals surface area contributed by atoms with E-state index >= 15 is 0 Å². The third-order valence-electron chi connectivity index (χ3n) is 6.01. The summed E-state index contributed by atoms with van der Waals surface area (Å²) in [5.41, 5.74) is 2.39. The van der Waals surface area contributed by atoms with Crippen molar-refractivity contribution in [3.63, 3.8) is 0 Å². The summed E-state index contributed by atoms with van der Waals surface area (Å²) >= 11 is 0. The maximum absolute atomic E-state index is 13.3. The summed E-state index contributed by atoms with van der Waals surface area (Å²) in [6, 6.07) is 13.0. The SMILES string of the molecule is COc1ccc(/C(O)=C2\C(=O)C(=O)N(Cc3cccnc3)[C@H]2c2cccc(OC)c2OC)cc1C. The van der Waals surface area contributed by atoms with Gasteiger partial charge in [0.05, 0.1) is 32.9 Å². The van der Waals surface area contributed by atoms with Gasteiger partial charge < -0.3 is 24.2 Å². The van der Waals surface area contributed by atoms with E-state index in [2.05, 4.69) is 4.98 Å². The van der Waals surface area contributed by atoms with Crippen molar-refractivity contribution in [2.75, 3.05) is 21.3 Å². The van der Waals surface area contributed by atoms with Gasteiger partial charge in [-0.05, 0) is 48.4 Å². The molecule has 1 fully saturated rings. The molecule has 1 N–H and O–H groups in total. The minimum absolute atomic E-state index is 0.0324. The molecule has 3 aromatic rings. The summed E-state index contributed by atoms with van der Waals surface area (Å²) in [4.78, 5) is 32.2. The average molecular weight is 475 g/mol. The number of likely N-dealkylation sites (tertiary alicyclic amines) is 1. The number of hydrogen-bond acceptors (Lipinski definition) is 7. The van der Waals surface area contributed by atoms with Crippen LogP contribution in [0.15, 0.2) is 66.5 Å². The first kappa shape index (κ1) is 23.8. The molecular formula is C27H26N2O6. The van der Waals surface area contributed by atoms with Crippen molar-refractivity contribution < 1.29 is 28.9 Å². The first-order valence-corrected chi connectivity index (χ1v) is 10.9. The van der Waals surface area contributed by atoms with E-state index in [1.165, 1.54) is 19.1 Å². The van der Waals surface area contributed by atoms with Crippen LogP contribution in [0.3, 0.4) is 0 Å². The Labute approximate surface area is 203 Å². The van der Waals surface area contributed by atoms with Crippen LogP contribution >= 0.6 is 0 Å². The summed E-state index contributed by atoms with van der Waals surface area (Å²) in [5.74, 6) is -0.334. The summed E-state index contributed by atoms with van der Waals surface area (Å²) < 4.78 is 16.4. The number of hydrogen-bond donors (Lipinski definition) is 1. The highest BCUT2D eigenvalue weighted by Gasteiger charge is 2.47. The molecule has 8 heteroatoms. The van der Waals surface area contributed by atoms with Gasteiger partial charge in [0, 0.05) is 30.1 Å². The van der Waals surface area contributed by atoms with Crippen molar-refractivity contribution in [3.05, 3.63) is 88.8 Å². The Morgan fingerprint density at radius 2 is 1.77 bits per heavy atom. The fourth-order valence-corrected chi connectivity index (χ4v) is 4.36. The standard InChI is InChI=1S/C27H26N2O6/c1-16-13-18(10-11-20(16)33-2)24(30)22-23(19-8-5-9-21(34-3)26(19)35-4)29(27(32)25(22)31)15-17-7-6-12-28-14-17/h5-14,23,30H,15H2,1-4H3/b24-22+/t23-/m0/s1. The fraction of sp³-hybridized carbons (Fsp3) is 0.222. The Bertz CT molecular complexity index is 1300. The molecule has 0 radical (unpaired) electrons. The van der Waals surface area contributed by atoms with Crippen molar-refractivity contribution in [2.24, 2.45) is 0 Å². The highest BCUT2D eigenvalue weighted by Crippen LogP contribution is 2.46. The number of methoxy groups -OCH3 is 3. The van der Waals surface area contributed by atoms with Crippen LogP contribution in [0.2, 0.25) is 0 Å². The zero-order valence-electron chi connectivity index (χ0n) is 19.9. The number of ether oxygens (including phenoxy) is 3. The predicted molar refractivity (Wildman–Crippen MR) is 129 cm³/mol. The normalized spacial score (nSPS) is 16.9. The second kappa shape index (κ2) is 9.89. The highest BCUT2D eigenvalue weighted by atomic mass is 16.5. The second-order valence-corrected chi connectivity index (χ2v) is 8.06. The second-order valence-electron chi connectivity index (χ2n) is 8.06. The summed E-state index contributed by atoms with van der Waals surface area (Å²) in [6.07, 6.45) is 3.26. The van der Waals surface area contributed by atoms with Gasteiger partial charge in [0.25, 0.3) is 11.7 Å². The van der Waals surface area contributed by atoms with E-state index in [1.54, 1.807) is 62.0 Å². The number of ketones is 1. The number of aromatic nitrogens is 1. The van der Waals surface area contributed by atoms with Crippen molar-refractivity contribution >= 4 is 17.4 Å². The number of Topliss-reactive ketones (excluding diaryl/α,β-unsaturated/α-hetero) is 1. The Balaban J connectivity index is 1.94. The molecule has 1 aliphatic heterocycles. The minimum atomic E-state index is -0.914. The van der Waals surface area contributed by atoms with Gasteiger partial charge in [0.2, 0.25) is 0 Å². The first-order valence-electron chi connectivity index (χ1n) is 10.9. The zero-order valence-corrected chi connectivity index (χ0v) is 19.9. The van der Waals surface area contributed by atoms with Crippen molar-refractivity contribution in [1.82, 2.24) is 9.88 Å². The summed E-state index contributed by atoms with van der Waals surface area (Å²) in [7, 11) is 4.55. The van der Waals surface area contributed by atoms with Gasteiger partial charge in [-0.15, -0.1) is 0 Å². The van der Waals surface area contributed by atoms with Gasteiger partial charge in [-0.1, -0.05) is 18.2 Å². The zero-order chi connectivity index (χ0) is 25.1. The molecule has 35 heavy (non-hydrogen) atoms. The van der Waals surface area contributed by atoms with Crippen LogP contribution in [0, 0.1) is 6.92 Å². The lowest BCUT2D eigenvalue weighted by Crippen LogP contribution is -2.29. The smallest absolute Gasteiger partial charge is 0.295 e. The van der Waals surface area contributed by atoms with Gasteiger partial charge in [0.1, 0.15) is 11.5 Å². The molecule has 0 saturated carbocycles. The number of benzene rings is 2. The summed E-state index contributed by atoms with van der Waals surface area (Å²) in [6.45, 7) is 1.95. The number of para-hydroxylation sites is 1. The number of pyridine rings is 1. The molecule has 2 aromatic carbocycles. The molecule has 1 saturated heterocycles. The first-order chi connectivity index (χ1) is 16.9. The monoisotopic (exact) mass is 474 g/mol. The third kappa shape index (κ3) is 4.30. The van der Waals surface area contributed by atoms with Gasteiger partial charge in [-0.25, -0.2) is 0 Å². The lowest BCUT2D eigenvalue weighted by atomic mass is 9.93. The Morgan fingerprint density at radius 3 is 2.40 bits per heavy atom. The van der Waals surface area contributed by atoms with Crippen LogP contribution in [0.5, 0.6) is 17.2 Å². The Morgan fingerprint density at radius 1 is 1.00 bits per heavy atom. The summed E-state index contributed by atoms with van der Waals surface area (Å²) in [5, 5.41) is 11.4. The van der Waals surface area contributed by atoms with Crippen LogP contribution in [0.4, 0.5) is 0 Å². The van der Waals surface area contributed by atoms with Crippen molar-refractivity contribution in [3.8, 4) is 17.2 Å². The molecule has 4 rings (SSSR count). The molecule has 1 atom stereocenters. The molecule has 0 spiro atoms. The number of rotatable bonds is 7. The molecule has 1 amide bonds. The topological polar surface area (TPSA) is 98.2 Å². The third-order valence-corrected chi connectivity index (χ3v) is 6.01. The largest absolute Gasteiger partial charge is 0.507 e. The molecule has 0 bridgehead atoms. The van der Waals surface area contributed by atoms with Crippen molar-refractivity contribution in [2.45, 2.75) is 19.5 Å². The number of nitrogens with zero attached hydrogens (tertiary/aromatic N) is 2. The minimum Gasteiger partial charge on any atom is -0.507 e. The average Bonchev–Trinajstić information content (AvgIpc) is 3.12. The maximum atomic E-state index is 13.3. The van der Waals surface area contributed by atoms with Gasteiger partial charge >= 0.3 is 0 Å². The molecule has 1 aliphatic rings. The van der Waals surface area contributed by atoms with Gasteiger partial charge in [-0.3, -0.25) is 14.6 Å². The molecule has 8 nitrogen and oxygen atoms in total. The molecule has 180 valence electrons. The van der Waals surface area contributed by atoms with E-state index < -0.39 is 17.7 Å². The van der Waals surface area contributed by atoms with Crippen molar-refractivity contribution in [1.29, 1.82) is 0 Å².